The number of halogens is 1. The van der Waals surface area contributed by atoms with E-state index in [2.05, 4.69) is 58.0 Å². The molecule has 0 radical (unpaired) electrons. The normalized spacial score (nSPS) is 12.0. The molecule has 3 aromatic rings. The second-order valence-electron chi connectivity index (χ2n) is 5.23. The van der Waals surface area contributed by atoms with Crippen molar-refractivity contribution in [2.24, 2.45) is 4.99 Å². The zero-order valence-electron chi connectivity index (χ0n) is 12.8. The zero-order valence-corrected chi connectivity index (χ0v) is 16.0. The van der Waals surface area contributed by atoms with Crippen molar-refractivity contribution in [1.29, 1.82) is 0 Å². The van der Waals surface area contributed by atoms with Gasteiger partial charge in [-0.2, -0.15) is 4.99 Å². The van der Waals surface area contributed by atoms with Crippen LogP contribution in [0.2, 0.25) is 0 Å². The minimum Gasteiger partial charge on any atom is -0.312 e. The fourth-order valence-corrected chi connectivity index (χ4v) is 5.03. The first-order chi connectivity index (χ1) is 11.0. The Labute approximate surface area is 150 Å². The lowest BCUT2D eigenvalue weighted by Crippen LogP contribution is -2.16. The maximum Gasteiger partial charge on any atom is 0.289 e. The highest BCUT2D eigenvalue weighted by atomic mass is 79.9. The fourth-order valence-electron chi connectivity index (χ4n) is 2.55. The summed E-state index contributed by atoms with van der Waals surface area (Å²) < 4.78 is 4.13. The van der Waals surface area contributed by atoms with Crippen molar-refractivity contribution in [1.82, 2.24) is 4.57 Å². The van der Waals surface area contributed by atoms with Crippen LogP contribution in [0.3, 0.4) is 0 Å². The van der Waals surface area contributed by atoms with Gasteiger partial charge in [-0.25, -0.2) is 0 Å². The van der Waals surface area contributed by atoms with Gasteiger partial charge in [-0.1, -0.05) is 23.5 Å². The molecule has 118 valence electrons. The maximum atomic E-state index is 12.4. The Bertz CT molecular complexity index is 978. The number of fused-ring (bicyclic) bond motifs is 1. The molecule has 0 saturated carbocycles. The van der Waals surface area contributed by atoms with Gasteiger partial charge in [0.05, 0.1) is 18.9 Å². The van der Waals surface area contributed by atoms with Gasteiger partial charge in [-0.3, -0.25) is 4.79 Å². The highest BCUT2D eigenvalue weighted by Crippen LogP contribution is 2.24. The molecule has 1 aromatic carbocycles. The van der Waals surface area contributed by atoms with E-state index in [1.165, 1.54) is 22.5 Å². The molecular weight excluding hydrogens is 392 g/mol. The summed E-state index contributed by atoms with van der Waals surface area (Å²) in [4.78, 5) is 18.1. The number of carbonyl (C=O) groups is 1. The fraction of sp³-hybridized carbons (Fsp3) is 0.176. The first-order valence-corrected chi connectivity index (χ1v) is 9.48. The number of aromatic nitrogens is 1. The number of amides is 1. The van der Waals surface area contributed by atoms with Gasteiger partial charge in [-0.05, 0) is 59.1 Å². The molecule has 2 heterocycles. The number of thiophene rings is 1. The van der Waals surface area contributed by atoms with Crippen LogP contribution < -0.4 is 4.80 Å². The Balaban J connectivity index is 2.22. The number of rotatable bonds is 3. The van der Waals surface area contributed by atoms with Crippen LogP contribution in [-0.2, 0) is 6.54 Å². The smallest absolute Gasteiger partial charge is 0.289 e. The van der Waals surface area contributed by atoms with E-state index in [1.54, 1.807) is 17.4 Å². The standard InChI is InChI=1S/C17H15BrN2OS2/c1-4-7-20-15-11(3)8-10(2)9-13(15)23-17(20)19-16(21)12-5-6-14(18)22-12/h4-6,8-9H,1,7H2,2-3H3. The summed E-state index contributed by atoms with van der Waals surface area (Å²) in [5, 5.41) is 0. The van der Waals surface area contributed by atoms with Crippen molar-refractivity contribution in [3.63, 3.8) is 0 Å². The van der Waals surface area contributed by atoms with Crippen molar-refractivity contribution in [2.75, 3.05) is 0 Å². The van der Waals surface area contributed by atoms with Gasteiger partial charge in [0.25, 0.3) is 5.91 Å². The van der Waals surface area contributed by atoms with Crippen molar-refractivity contribution < 1.29 is 4.79 Å². The minimum absolute atomic E-state index is 0.209. The Morgan fingerprint density at radius 1 is 1.35 bits per heavy atom. The maximum absolute atomic E-state index is 12.4. The average molecular weight is 407 g/mol. The molecule has 0 saturated heterocycles. The number of nitrogens with zero attached hydrogens (tertiary/aromatic N) is 2. The molecular formula is C17H15BrN2OS2. The number of aryl methyl sites for hydroxylation is 2. The molecule has 1 amide bonds. The molecule has 0 N–H and O–H groups in total. The summed E-state index contributed by atoms with van der Waals surface area (Å²) in [5.74, 6) is -0.209. The zero-order chi connectivity index (χ0) is 16.6. The quantitative estimate of drug-likeness (QED) is 0.558. The third-order valence-corrected chi connectivity index (χ3v) is 6.04. The third-order valence-electron chi connectivity index (χ3n) is 3.40. The SMILES string of the molecule is C=CCn1c(=NC(=O)c2ccc(Br)s2)sc2cc(C)cc(C)c21. The van der Waals surface area contributed by atoms with E-state index in [9.17, 15) is 4.79 Å². The van der Waals surface area contributed by atoms with Crippen LogP contribution in [0.1, 0.15) is 20.8 Å². The number of carbonyl (C=O) groups excluding carboxylic acids is 1. The minimum atomic E-state index is -0.209. The molecule has 0 atom stereocenters. The lowest BCUT2D eigenvalue weighted by molar-refractivity contribution is 0.100. The van der Waals surface area contributed by atoms with E-state index in [4.69, 9.17) is 0 Å². The van der Waals surface area contributed by atoms with E-state index in [1.807, 2.05) is 12.1 Å². The van der Waals surface area contributed by atoms with Gasteiger partial charge in [0.15, 0.2) is 4.80 Å². The topological polar surface area (TPSA) is 34.4 Å². The van der Waals surface area contributed by atoms with E-state index >= 15 is 0 Å². The highest BCUT2D eigenvalue weighted by molar-refractivity contribution is 9.11. The molecule has 3 nitrogen and oxygen atoms in total. The van der Waals surface area contributed by atoms with Crippen molar-refractivity contribution in [3.05, 3.63) is 61.5 Å². The predicted molar refractivity (Wildman–Crippen MR) is 101 cm³/mol. The van der Waals surface area contributed by atoms with E-state index in [0.29, 0.717) is 16.2 Å². The molecule has 6 heteroatoms. The van der Waals surface area contributed by atoms with Crippen molar-refractivity contribution in [3.8, 4) is 0 Å². The molecule has 0 aliphatic rings. The Hall–Kier alpha value is -1.50. The number of allylic oxidation sites excluding steroid dienone is 1. The Morgan fingerprint density at radius 3 is 2.78 bits per heavy atom. The molecule has 0 spiro atoms. The second-order valence-corrected chi connectivity index (χ2v) is 8.71. The van der Waals surface area contributed by atoms with Crippen LogP contribution in [-0.4, -0.2) is 10.5 Å². The summed E-state index contributed by atoms with van der Waals surface area (Å²) in [6.07, 6.45) is 1.83. The number of benzene rings is 1. The number of hydrogen-bond donors (Lipinski definition) is 0. The summed E-state index contributed by atoms with van der Waals surface area (Å²) >= 11 is 6.32. The first-order valence-electron chi connectivity index (χ1n) is 7.05. The van der Waals surface area contributed by atoms with Crippen LogP contribution in [0, 0.1) is 13.8 Å². The molecule has 0 aliphatic heterocycles. The van der Waals surface area contributed by atoms with Gasteiger partial charge in [0.1, 0.15) is 0 Å². The third kappa shape index (κ3) is 3.24. The van der Waals surface area contributed by atoms with Crippen molar-refractivity contribution in [2.45, 2.75) is 20.4 Å². The summed E-state index contributed by atoms with van der Waals surface area (Å²) in [6, 6.07) is 7.94. The van der Waals surface area contributed by atoms with Gasteiger partial charge < -0.3 is 4.57 Å². The highest BCUT2D eigenvalue weighted by Gasteiger charge is 2.12. The van der Waals surface area contributed by atoms with Crippen molar-refractivity contribution >= 4 is 54.7 Å². The second kappa shape index (κ2) is 6.55. The summed E-state index contributed by atoms with van der Waals surface area (Å²) in [7, 11) is 0. The number of hydrogen-bond acceptors (Lipinski definition) is 3. The molecule has 2 aromatic heterocycles. The average Bonchev–Trinajstić information content (AvgIpc) is 3.04. The van der Waals surface area contributed by atoms with Crippen LogP contribution in [0.15, 0.2) is 45.7 Å². The number of thiazole rings is 1. The van der Waals surface area contributed by atoms with Crippen LogP contribution in [0.5, 0.6) is 0 Å². The van der Waals surface area contributed by atoms with E-state index in [0.717, 1.165) is 14.0 Å². The predicted octanol–water partition coefficient (Wildman–Crippen LogP) is 5.07. The Kier molecular flexibility index (Phi) is 4.66. The van der Waals surface area contributed by atoms with Gasteiger partial charge in [0, 0.05) is 6.54 Å². The van der Waals surface area contributed by atoms with Crippen LogP contribution in [0.25, 0.3) is 10.2 Å². The summed E-state index contributed by atoms with van der Waals surface area (Å²) in [6.45, 7) is 8.62. The lowest BCUT2D eigenvalue weighted by Gasteiger charge is -2.05. The lowest BCUT2D eigenvalue weighted by atomic mass is 10.1. The van der Waals surface area contributed by atoms with Gasteiger partial charge in [-0.15, -0.1) is 17.9 Å². The van der Waals surface area contributed by atoms with Crippen LogP contribution >= 0.6 is 38.6 Å². The van der Waals surface area contributed by atoms with Gasteiger partial charge >= 0.3 is 0 Å². The largest absolute Gasteiger partial charge is 0.312 e. The van der Waals surface area contributed by atoms with E-state index in [-0.39, 0.29) is 5.91 Å². The monoisotopic (exact) mass is 406 g/mol. The first kappa shape index (κ1) is 16.4. The molecule has 23 heavy (non-hydrogen) atoms. The van der Waals surface area contributed by atoms with E-state index < -0.39 is 0 Å². The van der Waals surface area contributed by atoms with Gasteiger partial charge in [0.2, 0.25) is 0 Å². The molecule has 0 bridgehead atoms. The Morgan fingerprint density at radius 2 is 2.13 bits per heavy atom. The molecule has 3 rings (SSSR count). The summed E-state index contributed by atoms with van der Waals surface area (Å²) in [5.41, 5.74) is 3.52. The van der Waals surface area contributed by atoms with Crippen LogP contribution in [0.4, 0.5) is 0 Å². The molecule has 0 fully saturated rings. The molecule has 0 unspecified atom stereocenters. The molecule has 0 aliphatic carbocycles.